The van der Waals surface area contributed by atoms with Crippen molar-refractivity contribution in [3.05, 3.63) is 62.0 Å². The molecular formula is C25H31BrCl2N2O3. The molecule has 0 aliphatic carbocycles. The molecule has 0 aliphatic heterocycles. The lowest BCUT2D eigenvalue weighted by Gasteiger charge is -2.30. The number of amides is 2. The van der Waals surface area contributed by atoms with Crippen LogP contribution in [0.25, 0.3) is 0 Å². The van der Waals surface area contributed by atoms with Gasteiger partial charge in [-0.2, -0.15) is 0 Å². The van der Waals surface area contributed by atoms with Crippen molar-refractivity contribution in [1.82, 2.24) is 10.2 Å². The summed E-state index contributed by atoms with van der Waals surface area (Å²) in [7, 11) is 0. The number of hydrogen-bond donors (Lipinski definition) is 1. The van der Waals surface area contributed by atoms with Gasteiger partial charge in [-0.15, -0.1) is 0 Å². The molecule has 2 atom stereocenters. The summed E-state index contributed by atoms with van der Waals surface area (Å²) in [6.45, 7) is 9.66. The molecule has 33 heavy (non-hydrogen) atoms. The molecule has 2 rings (SSSR count). The van der Waals surface area contributed by atoms with E-state index in [2.05, 4.69) is 35.1 Å². The van der Waals surface area contributed by atoms with Crippen LogP contribution in [-0.4, -0.2) is 35.4 Å². The van der Waals surface area contributed by atoms with Crippen LogP contribution in [0.3, 0.4) is 0 Å². The Kier molecular flexibility index (Phi) is 10.5. The standard InChI is InChI=1S/C25H31BrCl2N2O3/c1-6-16(4)29-25(32)17(5)30(13-19-21(27)8-7-9-22(19)28)24(31)14-33-23-11-10-18(15(2)3)12-20(23)26/h7-12,15-17H,6,13-14H2,1-5H3,(H,29,32)/t16-,17+/m0/s1. The quantitative estimate of drug-likeness (QED) is 0.358. The molecule has 1 N–H and O–H groups in total. The normalized spacial score (nSPS) is 12.9. The van der Waals surface area contributed by atoms with Crippen molar-refractivity contribution in [3.8, 4) is 5.75 Å². The first-order valence-electron chi connectivity index (χ1n) is 11.0. The van der Waals surface area contributed by atoms with Gasteiger partial charge in [0.1, 0.15) is 11.8 Å². The molecule has 2 amide bonds. The second-order valence-corrected chi connectivity index (χ2v) is 10.0. The molecule has 0 spiro atoms. The molecule has 2 aromatic carbocycles. The Morgan fingerprint density at radius 3 is 2.27 bits per heavy atom. The highest BCUT2D eigenvalue weighted by molar-refractivity contribution is 9.10. The summed E-state index contributed by atoms with van der Waals surface area (Å²) < 4.78 is 6.58. The number of nitrogens with one attached hydrogen (secondary N) is 1. The molecule has 5 nitrogen and oxygen atoms in total. The highest BCUT2D eigenvalue weighted by Crippen LogP contribution is 2.30. The van der Waals surface area contributed by atoms with Crippen LogP contribution in [0.15, 0.2) is 40.9 Å². The third-order valence-corrected chi connectivity index (χ3v) is 6.86. The van der Waals surface area contributed by atoms with Crippen LogP contribution in [0.2, 0.25) is 10.0 Å². The SMILES string of the molecule is CC[C@H](C)NC(=O)[C@@H](C)N(Cc1c(Cl)cccc1Cl)C(=O)COc1ccc(C(C)C)cc1Br. The van der Waals surface area contributed by atoms with Gasteiger partial charge in [-0.3, -0.25) is 9.59 Å². The van der Waals surface area contributed by atoms with Gasteiger partial charge in [0.2, 0.25) is 5.91 Å². The van der Waals surface area contributed by atoms with Gasteiger partial charge >= 0.3 is 0 Å². The van der Waals surface area contributed by atoms with E-state index in [1.807, 2.05) is 32.0 Å². The van der Waals surface area contributed by atoms with E-state index in [4.69, 9.17) is 27.9 Å². The number of ether oxygens (including phenoxy) is 1. The first-order valence-corrected chi connectivity index (χ1v) is 12.5. The van der Waals surface area contributed by atoms with Crippen LogP contribution < -0.4 is 10.1 Å². The molecule has 2 aromatic rings. The fourth-order valence-electron chi connectivity index (χ4n) is 3.12. The summed E-state index contributed by atoms with van der Waals surface area (Å²) in [5, 5.41) is 3.80. The van der Waals surface area contributed by atoms with Gasteiger partial charge in [0.05, 0.1) is 4.47 Å². The van der Waals surface area contributed by atoms with Crippen LogP contribution in [0.4, 0.5) is 0 Å². The Morgan fingerprint density at radius 1 is 1.09 bits per heavy atom. The zero-order valence-electron chi connectivity index (χ0n) is 19.6. The minimum absolute atomic E-state index is 0.00696. The summed E-state index contributed by atoms with van der Waals surface area (Å²) >= 11 is 16.2. The molecule has 180 valence electrons. The van der Waals surface area contributed by atoms with Gasteiger partial charge in [0, 0.05) is 28.2 Å². The van der Waals surface area contributed by atoms with Crippen molar-refractivity contribution in [2.45, 2.75) is 65.6 Å². The van der Waals surface area contributed by atoms with E-state index in [9.17, 15) is 9.59 Å². The summed E-state index contributed by atoms with van der Waals surface area (Å²) in [4.78, 5) is 27.5. The fourth-order valence-corrected chi connectivity index (χ4v) is 4.15. The Hall–Kier alpha value is -1.76. The van der Waals surface area contributed by atoms with E-state index in [-0.39, 0.29) is 31.0 Å². The predicted octanol–water partition coefficient (Wildman–Crippen LogP) is 6.59. The smallest absolute Gasteiger partial charge is 0.261 e. The van der Waals surface area contributed by atoms with E-state index in [0.29, 0.717) is 27.3 Å². The summed E-state index contributed by atoms with van der Waals surface area (Å²) in [5.74, 6) is 0.332. The number of carbonyl (C=O) groups excluding carboxylic acids is 2. The maximum atomic E-state index is 13.3. The number of rotatable bonds is 10. The molecule has 8 heteroatoms. The zero-order chi connectivity index (χ0) is 24.7. The van der Waals surface area contributed by atoms with Crippen molar-refractivity contribution in [3.63, 3.8) is 0 Å². The van der Waals surface area contributed by atoms with Crippen molar-refractivity contribution in [2.24, 2.45) is 0 Å². The van der Waals surface area contributed by atoms with Crippen LogP contribution >= 0.6 is 39.1 Å². The summed E-state index contributed by atoms with van der Waals surface area (Å²) in [5.41, 5.74) is 1.74. The monoisotopic (exact) mass is 556 g/mol. The molecule has 0 fully saturated rings. The van der Waals surface area contributed by atoms with Gasteiger partial charge in [0.15, 0.2) is 6.61 Å². The lowest BCUT2D eigenvalue weighted by molar-refractivity contribution is -0.142. The lowest BCUT2D eigenvalue weighted by Crippen LogP contribution is -2.50. The highest BCUT2D eigenvalue weighted by atomic mass is 79.9. The second kappa shape index (κ2) is 12.6. The maximum absolute atomic E-state index is 13.3. The Morgan fingerprint density at radius 2 is 1.73 bits per heavy atom. The molecule has 0 saturated carbocycles. The predicted molar refractivity (Wildman–Crippen MR) is 138 cm³/mol. The van der Waals surface area contributed by atoms with Crippen LogP contribution in [0, 0.1) is 0 Å². The van der Waals surface area contributed by atoms with Crippen LogP contribution in [-0.2, 0) is 16.1 Å². The minimum atomic E-state index is -0.741. The van der Waals surface area contributed by atoms with E-state index < -0.39 is 6.04 Å². The summed E-state index contributed by atoms with van der Waals surface area (Å²) in [6, 6.07) is 10.2. The zero-order valence-corrected chi connectivity index (χ0v) is 22.7. The van der Waals surface area contributed by atoms with Gasteiger partial charge in [-0.05, 0) is 71.9 Å². The largest absolute Gasteiger partial charge is 0.483 e. The van der Waals surface area contributed by atoms with Gasteiger partial charge in [-0.25, -0.2) is 0 Å². The minimum Gasteiger partial charge on any atom is -0.483 e. The van der Waals surface area contributed by atoms with Gasteiger partial charge in [-0.1, -0.05) is 56.1 Å². The second-order valence-electron chi connectivity index (χ2n) is 8.35. The molecule has 0 bridgehead atoms. The number of carbonyl (C=O) groups is 2. The van der Waals surface area contributed by atoms with Crippen molar-refractivity contribution in [2.75, 3.05) is 6.61 Å². The molecule has 0 unspecified atom stereocenters. The Bertz CT molecular complexity index is 964. The van der Waals surface area contributed by atoms with E-state index in [0.717, 1.165) is 16.5 Å². The average Bonchev–Trinajstić information content (AvgIpc) is 2.77. The molecule has 0 saturated heterocycles. The van der Waals surface area contributed by atoms with E-state index >= 15 is 0 Å². The Balaban J connectivity index is 2.24. The third-order valence-electron chi connectivity index (χ3n) is 5.53. The van der Waals surface area contributed by atoms with Crippen molar-refractivity contribution >= 4 is 50.9 Å². The Labute approximate surface area is 214 Å². The number of halogens is 3. The lowest BCUT2D eigenvalue weighted by atomic mass is 10.0. The first kappa shape index (κ1) is 27.5. The number of nitrogens with zero attached hydrogens (tertiary/aromatic N) is 1. The molecule has 0 radical (unpaired) electrons. The third kappa shape index (κ3) is 7.62. The number of hydrogen-bond acceptors (Lipinski definition) is 3. The van der Waals surface area contributed by atoms with E-state index in [1.165, 1.54) is 4.90 Å². The molecule has 0 aromatic heterocycles. The van der Waals surface area contributed by atoms with Crippen LogP contribution in [0.1, 0.15) is 58.1 Å². The molecule has 0 heterocycles. The molecular weight excluding hydrogens is 527 g/mol. The fraction of sp³-hybridized carbons (Fsp3) is 0.440. The number of benzene rings is 2. The van der Waals surface area contributed by atoms with Crippen molar-refractivity contribution in [1.29, 1.82) is 0 Å². The maximum Gasteiger partial charge on any atom is 0.261 e. The van der Waals surface area contributed by atoms with Crippen molar-refractivity contribution < 1.29 is 14.3 Å². The van der Waals surface area contributed by atoms with Crippen LogP contribution in [0.5, 0.6) is 5.75 Å². The molecule has 0 aliphatic rings. The summed E-state index contributed by atoms with van der Waals surface area (Å²) in [6.07, 6.45) is 0.784. The first-order chi connectivity index (χ1) is 15.5. The van der Waals surface area contributed by atoms with E-state index in [1.54, 1.807) is 25.1 Å². The topological polar surface area (TPSA) is 58.6 Å². The average molecular weight is 558 g/mol. The van der Waals surface area contributed by atoms with Gasteiger partial charge in [0.25, 0.3) is 5.91 Å². The highest BCUT2D eigenvalue weighted by Gasteiger charge is 2.28. The van der Waals surface area contributed by atoms with Gasteiger partial charge < -0.3 is 15.0 Å².